The fourth-order valence-corrected chi connectivity index (χ4v) is 2.65. The molecular weight excluding hydrogens is 243 g/mol. The van der Waals surface area contributed by atoms with Gasteiger partial charge in [0.1, 0.15) is 5.82 Å². The maximum absolute atomic E-state index is 12.8. The molecule has 2 unspecified atom stereocenters. The summed E-state index contributed by atoms with van der Waals surface area (Å²) in [6, 6.07) is 5.99. The third kappa shape index (κ3) is 3.77. The lowest BCUT2D eigenvalue weighted by molar-refractivity contribution is 0.0942. The van der Waals surface area contributed by atoms with Gasteiger partial charge in [0, 0.05) is 18.2 Å². The lowest BCUT2D eigenvalue weighted by atomic mass is 9.88. The third-order valence-electron chi connectivity index (χ3n) is 3.84. The quantitative estimate of drug-likeness (QED) is 0.876. The highest BCUT2D eigenvalue weighted by molar-refractivity contribution is 5.94. The Morgan fingerprint density at radius 1 is 1.42 bits per heavy atom. The molecule has 1 saturated heterocycles. The number of hydrogen-bond acceptors (Lipinski definition) is 2. The second kappa shape index (κ2) is 6.66. The summed E-state index contributed by atoms with van der Waals surface area (Å²) < 4.78 is 12.8. The highest BCUT2D eigenvalue weighted by atomic mass is 19.1. The Hall–Kier alpha value is -1.42. The van der Waals surface area contributed by atoms with Crippen molar-refractivity contribution in [3.05, 3.63) is 35.6 Å². The number of amides is 1. The first-order valence-electron chi connectivity index (χ1n) is 6.98. The molecule has 4 heteroatoms. The number of hydrogen-bond donors (Lipinski definition) is 2. The zero-order valence-electron chi connectivity index (χ0n) is 11.3. The first-order chi connectivity index (χ1) is 9.20. The van der Waals surface area contributed by atoms with Crippen LogP contribution in [0, 0.1) is 11.7 Å². The van der Waals surface area contributed by atoms with E-state index < -0.39 is 0 Å². The molecule has 2 N–H and O–H groups in total. The Labute approximate surface area is 113 Å². The van der Waals surface area contributed by atoms with Crippen LogP contribution in [0.2, 0.25) is 0 Å². The molecule has 19 heavy (non-hydrogen) atoms. The SMILES string of the molecule is CCC1CCCNC1CNC(=O)c1ccc(F)cc1. The summed E-state index contributed by atoms with van der Waals surface area (Å²) in [5, 5.41) is 6.39. The van der Waals surface area contributed by atoms with E-state index in [1.807, 2.05) is 0 Å². The predicted molar refractivity (Wildman–Crippen MR) is 73.5 cm³/mol. The Bertz CT molecular complexity index is 419. The maximum atomic E-state index is 12.8. The molecule has 0 spiro atoms. The van der Waals surface area contributed by atoms with E-state index in [1.165, 1.54) is 37.1 Å². The van der Waals surface area contributed by atoms with Gasteiger partial charge in [-0.3, -0.25) is 4.79 Å². The van der Waals surface area contributed by atoms with Crippen molar-refractivity contribution in [2.45, 2.75) is 32.2 Å². The van der Waals surface area contributed by atoms with Crippen LogP contribution in [0.1, 0.15) is 36.5 Å². The van der Waals surface area contributed by atoms with Crippen molar-refractivity contribution in [1.82, 2.24) is 10.6 Å². The van der Waals surface area contributed by atoms with E-state index in [0.717, 1.165) is 13.0 Å². The summed E-state index contributed by atoms with van der Waals surface area (Å²) in [7, 11) is 0. The lowest BCUT2D eigenvalue weighted by Gasteiger charge is -2.32. The Morgan fingerprint density at radius 2 is 2.16 bits per heavy atom. The predicted octanol–water partition coefficient (Wildman–Crippen LogP) is 2.33. The zero-order valence-corrected chi connectivity index (χ0v) is 11.3. The molecular formula is C15H21FN2O. The fourth-order valence-electron chi connectivity index (χ4n) is 2.65. The van der Waals surface area contributed by atoms with Crippen LogP contribution in [0.4, 0.5) is 4.39 Å². The summed E-state index contributed by atoms with van der Waals surface area (Å²) in [6.07, 6.45) is 3.56. The molecule has 1 aromatic rings. The summed E-state index contributed by atoms with van der Waals surface area (Å²) in [5.41, 5.74) is 0.505. The number of piperidine rings is 1. The number of halogens is 1. The van der Waals surface area contributed by atoms with Gasteiger partial charge in [0.25, 0.3) is 5.91 Å². The molecule has 2 atom stereocenters. The van der Waals surface area contributed by atoms with Gasteiger partial charge >= 0.3 is 0 Å². The molecule has 0 saturated carbocycles. The Morgan fingerprint density at radius 3 is 2.84 bits per heavy atom. The number of benzene rings is 1. The van der Waals surface area contributed by atoms with Gasteiger partial charge in [0.05, 0.1) is 0 Å². The van der Waals surface area contributed by atoms with Crippen molar-refractivity contribution in [3.63, 3.8) is 0 Å². The summed E-state index contributed by atoms with van der Waals surface area (Å²) >= 11 is 0. The van der Waals surface area contributed by atoms with Gasteiger partial charge in [-0.2, -0.15) is 0 Å². The van der Waals surface area contributed by atoms with Crippen LogP contribution >= 0.6 is 0 Å². The average molecular weight is 264 g/mol. The van der Waals surface area contributed by atoms with E-state index in [2.05, 4.69) is 17.6 Å². The van der Waals surface area contributed by atoms with Gasteiger partial charge in [0.2, 0.25) is 0 Å². The van der Waals surface area contributed by atoms with Crippen molar-refractivity contribution in [1.29, 1.82) is 0 Å². The first-order valence-corrected chi connectivity index (χ1v) is 6.98. The van der Waals surface area contributed by atoms with Crippen LogP contribution < -0.4 is 10.6 Å². The van der Waals surface area contributed by atoms with Crippen molar-refractivity contribution in [2.75, 3.05) is 13.1 Å². The average Bonchev–Trinajstić information content (AvgIpc) is 2.45. The van der Waals surface area contributed by atoms with Gasteiger partial charge in [-0.25, -0.2) is 4.39 Å². The van der Waals surface area contributed by atoms with Crippen molar-refractivity contribution in [3.8, 4) is 0 Å². The minimum absolute atomic E-state index is 0.137. The molecule has 1 aliphatic rings. The van der Waals surface area contributed by atoms with Crippen LogP contribution in [-0.2, 0) is 0 Å². The number of carbonyl (C=O) groups is 1. The van der Waals surface area contributed by atoms with Gasteiger partial charge in [0.15, 0.2) is 0 Å². The Balaban J connectivity index is 1.87. The molecule has 104 valence electrons. The van der Waals surface area contributed by atoms with E-state index in [0.29, 0.717) is 24.1 Å². The fraction of sp³-hybridized carbons (Fsp3) is 0.533. The van der Waals surface area contributed by atoms with Gasteiger partial charge in [-0.15, -0.1) is 0 Å². The number of nitrogens with one attached hydrogen (secondary N) is 2. The van der Waals surface area contributed by atoms with Crippen LogP contribution in [0.15, 0.2) is 24.3 Å². The molecule has 2 rings (SSSR count). The van der Waals surface area contributed by atoms with Gasteiger partial charge in [-0.1, -0.05) is 13.3 Å². The topological polar surface area (TPSA) is 41.1 Å². The van der Waals surface area contributed by atoms with E-state index in [1.54, 1.807) is 0 Å². The van der Waals surface area contributed by atoms with Gasteiger partial charge in [-0.05, 0) is 49.6 Å². The van der Waals surface area contributed by atoms with Crippen molar-refractivity contribution >= 4 is 5.91 Å². The maximum Gasteiger partial charge on any atom is 0.251 e. The monoisotopic (exact) mass is 264 g/mol. The highest BCUT2D eigenvalue weighted by Crippen LogP contribution is 2.19. The molecule has 1 heterocycles. The normalized spacial score (nSPS) is 23.1. The molecule has 1 aliphatic heterocycles. The number of carbonyl (C=O) groups excluding carboxylic acids is 1. The summed E-state index contributed by atoms with van der Waals surface area (Å²) in [6.45, 7) is 3.84. The Kier molecular flexibility index (Phi) is 4.91. The van der Waals surface area contributed by atoms with Crippen LogP contribution in [0.3, 0.4) is 0 Å². The largest absolute Gasteiger partial charge is 0.350 e. The van der Waals surface area contributed by atoms with Crippen LogP contribution in [-0.4, -0.2) is 25.0 Å². The molecule has 0 aromatic heterocycles. The standard InChI is InChI=1S/C15H21FN2O/c1-2-11-4-3-9-17-14(11)10-18-15(19)12-5-7-13(16)8-6-12/h5-8,11,14,17H,2-4,9-10H2,1H3,(H,18,19). The summed E-state index contributed by atoms with van der Waals surface area (Å²) in [5.74, 6) is 0.168. The first kappa shape index (κ1) is 14.0. The molecule has 0 radical (unpaired) electrons. The molecule has 3 nitrogen and oxygen atoms in total. The van der Waals surface area contributed by atoms with E-state index in [4.69, 9.17) is 0 Å². The minimum atomic E-state index is -0.323. The van der Waals surface area contributed by atoms with E-state index in [-0.39, 0.29) is 11.7 Å². The van der Waals surface area contributed by atoms with Crippen molar-refractivity contribution in [2.24, 2.45) is 5.92 Å². The molecule has 1 amide bonds. The van der Waals surface area contributed by atoms with Gasteiger partial charge < -0.3 is 10.6 Å². The van der Waals surface area contributed by atoms with E-state index >= 15 is 0 Å². The molecule has 0 bridgehead atoms. The summed E-state index contributed by atoms with van der Waals surface area (Å²) in [4.78, 5) is 11.9. The molecule has 1 fully saturated rings. The van der Waals surface area contributed by atoms with E-state index in [9.17, 15) is 9.18 Å². The number of rotatable bonds is 4. The second-order valence-corrected chi connectivity index (χ2v) is 5.09. The minimum Gasteiger partial charge on any atom is -0.350 e. The molecule has 1 aromatic carbocycles. The second-order valence-electron chi connectivity index (χ2n) is 5.09. The highest BCUT2D eigenvalue weighted by Gasteiger charge is 2.23. The smallest absolute Gasteiger partial charge is 0.251 e. The van der Waals surface area contributed by atoms with Crippen molar-refractivity contribution < 1.29 is 9.18 Å². The van der Waals surface area contributed by atoms with Crippen LogP contribution in [0.5, 0.6) is 0 Å². The third-order valence-corrected chi connectivity index (χ3v) is 3.84. The zero-order chi connectivity index (χ0) is 13.7. The van der Waals surface area contributed by atoms with Crippen LogP contribution in [0.25, 0.3) is 0 Å². The molecule has 0 aliphatic carbocycles. The lowest BCUT2D eigenvalue weighted by Crippen LogP contribution is -2.48.